The van der Waals surface area contributed by atoms with Gasteiger partial charge in [0.15, 0.2) is 0 Å². The van der Waals surface area contributed by atoms with Gasteiger partial charge >= 0.3 is 0 Å². The molecule has 1 aromatic rings. The lowest BCUT2D eigenvalue weighted by atomic mass is 10.2. The van der Waals surface area contributed by atoms with Crippen LogP contribution >= 0.6 is 12.4 Å². The monoisotopic (exact) mass is 327 g/mol. The summed E-state index contributed by atoms with van der Waals surface area (Å²) in [5, 5.41) is 2.69. The molecule has 0 saturated carbocycles. The first-order valence-electron chi connectivity index (χ1n) is 6.99. The standard InChI is InChI=1S/C15H21N3O3.ClH/c1-21-10-12(16)14(19)17-13-7-8-18(15(13)20)9-11-5-3-2-4-6-11;/h2-6,12-13H,7-10,16H2,1H3,(H,17,19);1H. The van der Waals surface area contributed by atoms with Gasteiger partial charge in [-0.2, -0.15) is 0 Å². The van der Waals surface area contributed by atoms with Gasteiger partial charge in [0.05, 0.1) is 6.61 Å². The summed E-state index contributed by atoms with van der Waals surface area (Å²) in [7, 11) is 1.48. The van der Waals surface area contributed by atoms with Crippen LogP contribution < -0.4 is 11.1 Å². The number of carbonyl (C=O) groups excluding carboxylic acids is 2. The summed E-state index contributed by atoms with van der Waals surface area (Å²) in [6.45, 7) is 1.34. The first-order valence-corrected chi connectivity index (χ1v) is 6.99. The van der Waals surface area contributed by atoms with Crippen LogP contribution in [0.25, 0.3) is 0 Å². The summed E-state index contributed by atoms with van der Waals surface area (Å²) < 4.78 is 4.84. The van der Waals surface area contributed by atoms with Crippen molar-refractivity contribution in [2.24, 2.45) is 5.73 Å². The SMILES string of the molecule is COCC(N)C(=O)NC1CCN(Cc2ccccc2)C1=O.Cl. The van der Waals surface area contributed by atoms with E-state index in [4.69, 9.17) is 10.5 Å². The molecule has 0 aliphatic carbocycles. The van der Waals surface area contributed by atoms with Crippen molar-refractivity contribution < 1.29 is 14.3 Å². The van der Waals surface area contributed by atoms with Crippen molar-refractivity contribution in [3.05, 3.63) is 35.9 Å². The number of rotatable bonds is 6. The van der Waals surface area contributed by atoms with Crippen LogP contribution in [0.4, 0.5) is 0 Å². The lowest BCUT2D eigenvalue weighted by Crippen LogP contribution is -2.49. The maximum absolute atomic E-state index is 12.3. The maximum Gasteiger partial charge on any atom is 0.245 e. The Kier molecular flexibility index (Phi) is 7.31. The number of ether oxygens (including phenoxy) is 1. The van der Waals surface area contributed by atoms with Crippen molar-refractivity contribution in [1.82, 2.24) is 10.2 Å². The molecule has 1 aromatic carbocycles. The largest absolute Gasteiger partial charge is 0.383 e. The summed E-state index contributed by atoms with van der Waals surface area (Å²) >= 11 is 0. The van der Waals surface area contributed by atoms with Gasteiger partial charge in [-0.1, -0.05) is 30.3 Å². The molecule has 1 fully saturated rings. The van der Waals surface area contributed by atoms with E-state index in [-0.39, 0.29) is 30.8 Å². The highest BCUT2D eigenvalue weighted by Gasteiger charge is 2.33. The Morgan fingerprint density at radius 1 is 1.45 bits per heavy atom. The van der Waals surface area contributed by atoms with Crippen LogP contribution in [0.5, 0.6) is 0 Å². The highest BCUT2D eigenvalue weighted by atomic mass is 35.5. The molecule has 2 amide bonds. The van der Waals surface area contributed by atoms with E-state index in [0.29, 0.717) is 19.5 Å². The third-order valence-corrected chi connectivity index (χ3v) is 3.51. The minimum Gasteiger partial charge on any atom is -0.383 e. The van der Waals surface area contributed by atoms with Gasteiger partial charge in [-0.3, -0.25) is 9.59 Å². The van der Waals surface area contributed by atoms with Gasteiger partial charge in [-0.05, 0) is 12.0 Å². The molecule has 0 bridgehead atoms. The summed E-state index contributed by atoms with van der Waals surface area (Å²) in [5.74, 6) is -0.409. The first kappa shape index (κ1) is 18.4. The van der Waals surface area contributed by atoms with Crippen molar-refractivity contribution >= 4 is 24.2 Å². The van der Waals surface area contributed by atoms with Crippen molar-refractivity contribution in [3.8, 4) is 0 Å². The van der Waals surface area contributed by atoms with Crippen LogP contribution in [-0.4, -0.2) is 49.1 Å². The second-order valence-corrected chi connectivity index (χ2v) is 5.16. The number of amides is 2. The fourth-order valence-corrected chi connectivity index (χ4v) is 2.37. The minimum absolute atomic E-state index is 0. The van der Waals surface area contributed by atoms with Gasteiger partial charge in [0.2, 0.25) is 11.8 Å². The lowest BCUT2D eigenvalue weighted by molar-refractivity contribution is -0.133. The Labute approximate surface area is 136 Å². The lowest BCUT2D eigenvalue weighted by Gasteiger charge is -2.18. The minimum atomic E-state index is -0.744. The topological polar surface area (TPSA) is 84.7 Å². The second kappa shape index (κ2) is 8.73. The van der Waals surface area contributed by atoms with E-state index in [1.165, 1.54) is 7.11 Å². The number of likely N-dealkylation sites (tertiary alicyclic amines) is 1. The molecule has 1 aliphatic rings. The summed E-state index contributed by atoms with van der Waals surface area (Å²) in [6, 6.07) is 8.56. The average molecular weight is 328 g/mol. The Morgan fingerprint density at radius 3 is 2.77 bits per heavy atom. The van der Waals surface area contributed by atoms with Gasteiger partial charge in [-0.25, -0.2) is 0 Å². The molecule has 1 saturated heterocycles. The zero-order valence-electron chi connectivity index (χ0n) is 12.5. The van der Waals surface area contributed by atoms with E-state index in [1.807, 2.05) is 30.3 Å². The van der Waals surface area contributed by atoms with E-state index < -0.39 is 12.1 Å². The van der Waals surface area contributed by atoms with Crippen LogP contribution in [0.3, 0.4) is 0 Å². The number of methoxy groups -OCH3 is 1. The zero-order chi connectivity index (χ0) is 15.2. The van der Waals surface area contributed by atoms with Crippen molar-refractivity contribution in [3.63, 3.8) is 0 Å². The molecular formula is C15H22ClN3O3. The zero-order valence-corrected chi connectivity index (χ0v) is 13.3. The van der Waals surface area contributed by atoms with Crippen LogP contribution in [0.2, 0.25) is 0 Å². The van der Waals surface area contributed by atoms with E-state index in [2.05, 4.69) is 5.32 Å². The fraction of sp³-hybridized carbons (Fsp3) is 0.467. The van der Waals surface area contributed by atoms with E-state index in [0.717, 1.165) is 5.56 Å². The molecule has 2 atom stereocenters. The van der Waals surface area contributed by atoms with Crippen molar-refractivity contribution in [1.29, 1.82) is 0 Å². The number of nitrogens with zero attached hydrogens (tertiary/aromatic N) is 1. The third-order valence-electron chi connectivity index (χ3n) is 3.51. The summed E-state index contributed by atoms with van der Waals surface area (Å²) in [5.41, 5.74) is 6.73. The fourth-order valence-electron chi connectivity index (χ4n) is 2.37. The predicted octanol–water partition coefficient (Wildman–Crippen LogP) is 0.299. The molecule has 22 heavy (non-hydrogen) atoms. The molecule has 0 radical (unpaired) electrons. The van der Waals surface area contributed by atoms with Crippen LogP contribution in [0.1, 0.15) is 12.0 Å². The molecular weight excluding hydrogens is 306 g/mol. The third kappa shape index (κ3) is 4.69. The molecule has 2 unspecified atom stereocenters. The Hall–Kier alpha value is -1.63. The number of nitrogens with two attached hydrogens (primary N) is 1. The van der Waals surface area contributed by atoms with Gasteiger partial charge in [0, 0.05) is 20.2 Å². The molecule has 2 rings (SSSR count). The quantitative estimate of drug-likeness (QED) is 0.787. The van der Waals surface area contributed by atoms with E-state index in [1.54, 1.807) is 4.90 Å². The normalized spacial score (nSPS) is 18.7. The van der Waals surface area contributed by atoms with Crippen LogP contribution in [0.15, 0.2) is 30.3 Å². The van der Waals surface area contributed by atoms with Gasteiger partial charge in [-0.15, -0.1) is 12.4 Å². The number of benzene rings is 1. The smallest absolute Gasteiger partial charge is 0.245 e. The number of carbonyl (C=O) groups is 2. The highest BCUT2D eigenvalue weighted by molar-refractivity contribution is 5.90. The molecule has 7 heteroatoms. The van der Waals surface area contributed by atoms with E-state index >= 15 is 0 Å². The van der Waals surface area contributed by atoms with Crippen LogP contribution in [0, 0.1) is 0 Å². The molecule has 3 N–H and O–H groups in total. The Bertz CT molecular complexity index is 498. The number of hydrogen-bond donors (Lipinski definition) is 2. The molecule has 0 aromatic heterocycles. The van der Waals surface area contributed by atoms with E-state index in [9.17, 15) is 9.59 Å². The second-order valence-electron chi connectivity index (χ2n) is 5.16. The van der Waals surface area contributed by atoms with Crippen molar-refractivity contribution in [2.75, 3.05) is 20.3 Å². The van der Waals surface area contributed by atoms with Crippen LogP contribution in [-0.2, 0) is 20.9 Å². The molecule has 6 nitrogen and oxygen atoms in total. The van der Waals surface area contributed by atoms with Gasteiger partial charge in [0.25, 0.3) is 0 Å². The Morgan fingerprint density at radius 2 is 2.14 bits per heavy atom. The molecule has 0 spiro atoms. The predicted molar refractivity (Wildman–Crippen MR) is 85.5 cm³/mol. The number of nitrogens with one attached hydrogen (secondary N) is 1. The van der Waals surface area contributed by atoms with Crippen molar-refractivity contribution in [2.45, 2.75) is 25.0 Å². The van der Waals surface area contributed by atoms with Gasteiger partial charge < -0.3 is 20.7 Å². The summed E-state index contributed by atoms with van der Waals surface area (Å²) in [6.07, 6.45) is 0.608. The van der Waals surface area contributed by atoms with Gasteiger partial charge in [0.1, 0.15) is 12.1 Å². The molecule has 122 valence electrons. The molecule has 1 heterocycles. The summed E-state index contributed by atoms with van der Waals surface area (Å²) in [4.78, 5) is 25.8. The molecule has 1 aliphatic heterocycles. The highest BCUT2D eigenvalue weighted by Crippen LogP contribution is 2.15. The first-order chi connectivity index (χ1) is 10.1. The number of halogens is 1. The Balaban J connectivity index is 0.00000242. The average Bonchev–Trinajstić information content (AvgIpc) is 2.81. The number of hydrogen-bond acceptors (Lipinski definition) is 4. The maximum atomic E-state index is 12.3.